The summed E-state index contributed by atoms with van der Waals surface area (Å²) in [7, 11) is -2.46. The summed E-state index contributed by atoms with van der Waals surface area (Å²) < 4.78 is 33.5. The van der Waals surface area contributed by atoms with E-state index in [9.17, 15) is 13.2 Å². The van der Waals surface area contributed by atoms with Crippen LogP contribution < -0.4 is 14.4 Å². The third kappa shape index (κ3) is 5.44. The van der Waals surface area contributed by atoms with Crippen LogP contribution in [0.2, 0.25) is 0 Å². The van der Waals surface area contributed by atoms with Crippen LogP contribution in [0.15, 0.2) is 82.6 Å². The minimum Gasteiger partial charge on any atom is -0.496 e. The summed E-state index contributed by atoms with van der Waals surface area (Å²) >= 11 is 1.61. The van der Waals surface area contributed by atoms with Gasteiger partial charge in [-0.3, -0.25) is 9.10 Å². The normalized spacial score (nSPS) is 11.1. The topological polar surface area (TPSA) is 75.7 Å². The Labute approximate surface area is 193 Å². The van der Waals surface area contributed by atoms with E-state index in [4.69, 9.17) is 4.74 Å². The van der Waals surface area contributed by atoms with Gasteiger partial charge >= 0.3 is 0 Å². The Morgan fingerprint density at radius 3 is 2.38 bits per heavy atom. The Hall–Kier alpha value is -2.97. The zero-order chi connectivity index (χ0) is 23.1. The van der Waals surface area contributed by atoms with Gasteiger partial charge in [-0.2, -0.15) is 0 Å². The van der Waals surface area contributed by atoms with Crippen molar-refractivity contribution < 1.29 is 17.9 Å². The number of hydrogen-bond acceptors (Lipinski definition) is 5. The molecule has 8 heteroatoms. The molecular formula is C24H26N2O4S2. The second kappa shape index (κ2) is 10.6. The summed E-state index contributed by atoms with van der Waals surface area (Å²) in [4.78, 5) is 14.0. The Balaban J connectivity index is 1.94. The fraction of sp³-hybridized carbons (Fsp3) is 0.208. The van der Waals surface area contributed by atoms with E-state index >= 15 is 0 Å². The number of rotatable bonds is 9. The highest BCUT2D eigenvalue weighted by atomic mass is 32.2. The van der Waals surface area contributed by atoms with Gasteiger partial charge in [0.15, 0.2) is 0 Å². The third-order valence-electron chi connectivity index (χ3n) is 4.75. The van der Waals surface area contributed by atoms with Gasteiger partial charge in [0.25, 0.3) is 10.0 Å². The lowest BCUT2D eigenvalue weighted by Crippen LogP contribution is -2.38. The van der Waals surface area contributed by atoms with E-state index in [0.717, 1.165) is 15.0 Å². The summed E-state index contributed by atoms with van der Waals surface area (Å²) in [5.41, 5.74) is 1.76. The smallest absolute Gasteiger partial charge is 0.264 e. The highest BCUT2D eigenvalue weighted by Gasteiger charge is 2.28. The van der Waals surface area contributed by atoms with Gasteiger partial charge in [-0.25, -0.2) is 8.42 Å². The predicted octanol–water partition coefficient (Wildman–Crippen LogP) is 4.95. The molecule has 0 saturated carbocycles. The van der Waals surface area contributed by atoms with E-state index < -0.39 is 15.9 Å². The van der Waals surface area contributed by atoms with Gasteiger partial charge in [-0.05, 0) is 60.7 Å². The first-order valence-corrected chi connectivity index (χ1v) is 12.5. The molecule has 0 saturated heterocycles. The first-order chi connectivity index (χ1) is 15.4. The third-order valence-corrected chi connectivity index (χ3v) is 7.47. The zero-order valence-electron chi connectivity index (χ0n) is 18.2. The molecule has 1 amide bonds. The fourth-order valence-corrected chi connectivity index (χ4v) is 5.49. The van der Waals surface area contributed by atoms with Crippen LogP contribution in [0.4, 0.5) is 11.4 Å². The summed E-state index contributed by atoms with van der Waals surface area (Å²) in [6, 6.07) is 20.7. The second-order valence-corrected chi connectivity index (χ2v) is 10.1. The van der Waals surface area contributed by atoms with Crippen LogP contribution in [0, 0.1) is 6.92 Å². The molecule has 0 aliphatic heterocycles. The van der Waals surface area contributed by atoms with E-state index in [0.29, 0.717) is 22.7 Å². The Bertz CT molecular complexity index is 1180. The Morgan fingerprint density at radius 1 is 1.03 bits per heavy atom. The van der Waals surface area contributed by atoms with Crippen LogP contribution in [0.3, 0.4) is 0 Å². The van der Waals surface area contributed by atoms with Crippen molar-refractivity contribution in [2.45, 2.75) is 23.6 Å². The van der Waals surface area contributed by atoms with E-state index in [-0.39, 0.29) is 11.4 Å². The molecule has 3 aromatic carbocycles. The number of sulfonamides is 1. The number of nitrogens with one attached hydrogen (secondary N) is 1. The van der Waals surface area contributed by atoms with Gasteiger partial charge in [0.1, 0.15) is 12.3 Å². The first kappa shape index (κ1) is 23.7. The second-order valence-electron chi connectivity index (χ2n) is 6.96. The monoisotopic (exact) mass is 470 g/mol. The molecule has 0 aliphatic rings. The number of hydrogen-bond donors (Lipinski definition) is 1. The standard InChI is InChI=1S/C24H26N2O4S2/c1-4-31-23-13-9-8-12-21(23)25-24(27)17-26(19-10-6-5-7-11-19)32(28,29)20-14-15-22(30-3)18(2)16-20/h5-16H,4,17H2,1-3H3,(H,25,27). The predicted molar refractivity (Wildman–Crippen MR) is 130 cm³/mol. The maximum Gasteiger partial charge on any atom is 0.264 e. The average molecular weight is 471 g/mol. The zero-order valence-corrected chi connectivity index (χ0v) is 19.9. The highest BCUT2D eigenvalue weighted by Crippen LogP contribution is 2.29. The number of anilines is 2. The van der Waals surface area contributed by atoms with E-state index in [2.05, 4.69) is 5.32 Å². The van der Waals surface area contributed by atoms with Crippen LogP contribution in [-0.4, -0.2) is 33.7 Å². The molecular weight excluding hydrogens is 444 g/mol. The van der Waals surface area contributed by atoms with Gasteiger partial charge in [0, 0.05) is 4.90 Å². The Morgan fingerprint density at radius 2 is 1.72 bits per heavy atom. The van der Waals surface area contributed by atoms with E-state index in [1.54, 1.807) is 61.2 Å². The molecule has 168 valence electrons. The summed E-state index contributed by atoms with van der Waals surface area (Å²) in [5.74, 6) is 1.03. The molecule has 0 atom stereocenters. The number of para-hydroxylation sites is 2. The van der Waals surface area contributed by atoms with Crippen molar-refractivity contribution in [1.82, 2.24) is 0 Å². The molecule has 6 nitrogen and oxygen atoms in total. The average Bonchev–Trinajstić information content (AvgIpc) is 2.79. The molecule has 3 rings (SSSR count). The molecule has 32 heavy (non-hydrogen) atoms. The number of carbonyl (C=O) groups excluding carboxylic acids is 1. The number of methoxy groups -OCH3 is 1. The van der Waals surface area contributed by atoms with Crippen molar-refractivity contribution in [3.63, 3.8) is 0 Å². The molecule has 0 bridgehead atoms. The largest absolute Gasteiger partial charge is 0.496 e. The lowest BCUT2D eigenvalue weighted by molar-refractivity contribution is -0.114. The number of aryl methyl sites for hydroxylation is 1. The van der Waals surface area contributed by atoms with Gasteiger partial charge in [0.05, 0.1) is 23.4 Å². The van der Waals surface area contributed by atoms with Crippen LogP contribution in [-0.2, 0) is 14.8 Å². The number of ether oxygens (including phenoxy) is 1. The van der Waals surface area contributed by atoms with Gasteiger partial charge in [-0.15, -0.1) is 11.8 Å². The van der Waals surface area contributed by atoms with E-state index in [1.165, 1.54) is 13.2 Å². The van der Waals surface area contributed by atoms with Crippen LogP contribution >= 0.6 is 11.8 Å². The number of thioether (sulfide) groups is 1. The summed E-state index contributed by atoms with van der Waals surface area (Å²) in [6.45, 7) is 3.45. The number of nitrogens with zero attached hydrogens (tertiary/aromatic N) is 1. The van der Waals surface area contributed by atoms with Crippen LogP contribution in [0.25, 0.3) is 0 Å². The fourth-order valence-electron chi connectivity index (χ4n) is 3.22. The lowest BCUT2D eigenvalue weighted by atomic mass is 10.2. The van der Waals surface area contributed by atoms with Gasteiger partial charge in [-0.1, -0.05) is 37.3 Å². The molecule has 0 heterocycles. The Kier molecular flexibility index (Phi) is 7.82. The number of benzene rings is 3. The maximum atomic E-state index is 13.5. The van der Waals surface area contributed by atoms with Crippen molar-refractivity contribution in [3.05, 3.63) is 78.4 Å². The SMILES string of the molecule is CCSc1ccccc1NC(=O)CN(c1ccccc1)S(=O)(=O)c1ccc(OC)c(C)c1. The first-order valence-electron chi connectivity index (χ1n) is 10.1. The van der Waals surface area contributed by atoms with Gasteiger partial charge < -0.3 is 10.1 Å². The van der Waals surface area contributed by atoms with Crippen LogP contribution in [0.1, 0.15) is 12.5 Å². The van der Waals surface area contributed by atoms with Crippen molar-refractivity contribution in [2.75, 3.05) is 29.0 Å². The molecule has 0 aliphatic carbocycles. The van der Waals surface area contributed by atoms with Crippen molar-refractivity contribution in [3.8, 4) is 5.75 Å². The van der Waals surface area contributed by atoms with Crippen molar-refractivity contribution >= 4 is 39.1 Å². The highest BCUT2D eigenvalue weighted by molar-refractivity contribution is 7.99. The van der Waals surface area contributed by atoms with E-state index in [1.807, 2.05) is 31.2 Å². The number of carbonyl (C=O) groups is 1. The minimum absolute atomic E-state index is 0.0920. The number of amides is 1. The summed E-state index contributed by atoms with van der Waals surface area (Å²) in [6.07, 6.45) is 0. The lowest BCUT2D eigenvalue weighted by Gasteiger charge is -2.24. The maximum absolute atomic E-state index is 13.5. The molecule has 0 aromatic heterocycles. The van der Waals surface area contributed by atoms with Crippen molar-refractivity contribution in [1.29, 1.82) is 0 Å². The molecule has 0 fully saturated rings. The minimum atomic E-state index is -4.00. The molecule has 0 radical (unpaired) electrons. The molecule has 3 aromatic rings. The molecule has 0 unspecified atom stereocenters. The van der Waals surface area contributed by atoms with Crippen LogP contribution in [0.5, 0.6) is 5.75 Å². The van der Waals surface area contributed by atoms with Crippen molar-refractivity contribution in [2.24, 2.45) is 0 Å². The molecule has 0 spiro atoms. The summed E-state index contributed by atoms with van der Waals surface area (Å²) in [5, 5.41) is 2.86. The van der Waals surface area contributed by atoms with Gasteiger partial charge in [0.2, 0.25) is 5.91 Å². The quantitative estimate of drug-likeness (QED) is 0.448. The molecule has 1 N–H and O–H groups in total.